The molecule has 0 fully saturated rings. The normalized spacial score (nSPS) is 10.4. The number of hydrogen-bond acceptors (Lipinski definition) is 2. The van der Waals surface area contributed by atoms with Crippen molar-refractivity contribution in [1.29, 1.82) is 0 Å². The lowest BCUT2D eigenvalue weighted by atomic mass is 10.1. The summed E-state index contributed by atoms with van der Waals surface area (Å²) < 4.78 is 32.4. The van der Waals surface area contributed by atoms with Gasteiger partial charge in [-0.05, 0) is 36.4 Å². The predicted octanol–water partition coefficient (Wildman–Crippen LogP) is 4.64. The van der Waals surface area contributed by atoms with Crippen LogP contribution in [0.25, 0.3) is 0 Å². The number of halogens is 4. The van der Waals surface area contributed by atoms with Gasteiger partial charge in [0.1, 0.15) is 17.4 Å². The van der Waals surface area contributed by atoms with Gasteiger partial charge in [0.2, 0.25) is 5.78 Å². The topological polar surface area (TPSA) is 26.3 Å². The zero-order valence-electron chi connectivity index (χ0n) is 10.00. The van der Waals surface area contributed by atoms with Gasteiger partial charge in [0.05, 0.1) is 10.6 Å². The second-order valence-electron chi connectivity index (χ2n) is 3.91. The summed E-state index contributed by atoms with van der Waals surface area (Å²) in [5, 5.41) is 0.312. The van der Waals surface area contributed by atoms with Gasteiger partial charge in [0, 0.05) is 4.47 Å². The van der Waals surface area contributed by atoms with Crippen LogP contribution in [0.2, 0.25) is 5.02 Å². The quantitative estimate of drug-likeness (QED) is 0.742. The third-order valence-corrected chi connectivity index (χ3v) is 3.27. The molecule has 0 saturated heterocycles. The first-order valence-corrected chi connectivity index (χ1v) is 6.70. The van der Waals surface area contributed by atoms with E-state index in [1.54, 1.807) is 18.2 Å². The van der Waals surface area contributed by atoms with E-state index in [1.807, 2.05) is 0 Å². The highest BCUT2D eigenvalue weighted by Gasteiger charge is 2.14. The molecular formula is C14H8BrClF2O2. The largest absolute Gasteiger partial charge is 0.484 e. The molecule has 0 N–H and O–H groups in total. The lowest BCUT2D eigenvalue weighted by Crippen LogP contribution is -2.13. The monoisotopic (exact) mass is 360 g/mol. The van der Waals surface area contributed by atoms with E-state index in [9.17, 15) is 13.6 Å². The van der Waals surface area contributed by atoms with Crippen LogP contribution in [0.4, 0.5) is 8.78 Å². The Kier molecular flexibility index (Phi) is 4.73. The minimum Gasteiger partial charge on any atom is -0.484 e. The average Bonchev–Trinajstić information content (AvgIpc) is 2.40. The molecule has 0 heterocycles. The van der Waals surface area contributed by atoms with Gasteiger partial charge in [-0.15, -0.1) is 0 Å². The number of ketones is 1. The Balaban J connectivity index is 2.10. The first-order valence-electron chi connectivity index (χ1n) is 5.53. The van der Waals surface area contributed by atoms with E-state index in [0.717, 1.165) is 22.7 Å². The molecule has 104 valence electrons. The summed E-state index contributed by atoms with van der Waals surface area (Å²) in [6, 6.07) is 7.54. The van der Waals surface area contributed by atoms with Crippen LogP contribution in [-0.4, -0.2) is 12.4 Å². The van der Waals surface area contributed by atoms with E-state index in [0.29, 0.717) is 10.8 Å². The van der Waals surface area contributed by atoms with Crippen molar-refractivity contribution in [3.63, 3.8) is 0 Å². The van der Waals surface area contributed by atoms with Crippen molar-refractivity contribution in [2.75, 3.05) is 6.61 Å². The molecule has 0 atom stereocenters. The first kappa shape index (κ1) is 14.9. The summed E-state index contributed by atoms with van der Waals surface area (Å²) in [6.45, 7) is -0.429. The highest BCUT2D eigenvalue weighted by atomic mass is 79.9. The van der Waals surface area contributed by atoms with E-state index in [2.05, 4.69) is 15.9 Å². The summed E-state index contributed by atoms with van der Waals surface area (Å²) in [7, 11) is 0. The molecule has 0 unspecified atom stereocenters. The SMILES string of the molecule is O=C(COc1ccc(Br)cc1Cl)c1cc(F)ccc1F. The number of hydrogen-bond donors (Lipinski definition) is 0. The molecule has 0 aliphatic carbocycles. The Morgan fingerprint density at radius 3 is 2.65 bits per heavy atom. The summed E-state index contributed by atoms with van der Waals surface area (Å²) >= 11 is 9.15. The third-order valence-electron chi connectivity index (χ3n) is 2.48. The van der Waals surface area contributed by atoms with E-state index >= 15 is 0 Å². The highest BCUT2D eigenvalue weighted by Crippen LogP contribution is 2.27. The van der Waals surface area contributed by atoms with Gasteiger partial charge in [0.25, 0.3) is 0 Å². The molecule has 0 radical (unpaired) electrons. The molecule has 0 spiro atoms. The van der Waals surface area contributed by atoms with Crippen molar-refractivity contribution in [2.24, 2.45) is 0 Å². The molecule has 20 heavy (non-hydrogen) atoms. The van der Waals surface area contributed by atoms with Crippen LogP contribution >= 0.6 is 27.5 Å². The van der Waals surface area contributed by atoms with E-state index in [-0.39, 0.29) is 5.56 Å². The minimum absolute atomic E-state index is 0.292. The molecule has 0 aliphatic heterocycles. The van der Waals surface area contributed by atoms with Crippen LogP contribution < -0.4 is 4.74 Å². The third kappa shape index (κ3) is 3.55. The van der Waals surface area contributed by atoms with Gasteiger partial charge in [-0.2, -0.15) is 0 Å². The highest BCUT2D eigenvalue weighted by molar-refractivity contribution is 9.10. The van der Waals surface area contributed by atoms with Crippen molar-refractivity contribution < 1.29 is 18.3 Å². The number of Topliss-reactive ketones (excluding diaryl/α,β-unsaturated/α-hetero) is 1. The second kappa shape index (κ2) is 6.33. The molecule has 0 amide bonds. The van der Waals surface area contributed by atoms with E-state index in [4.69, 9.17) is 16.3 Å². The van der Waals surface area contributed by atoms with Crippen LogP contribution in [-0.2, 0) is 0 Å². The Bertz CT molecular complexity index is 662. The fraction of sp³-hybridized carbons (Fsp3) is 0.0714. The van der Waals surface area contributed by atoms with Gasteiger partial charge in [-0.1, -0.05) is 27.5 Å². The van der Waals surface area contributed by atoms with Gasteiger partial charge in [-0.25, -0.2) is 8.78 Å². The number of rotatable bonds is 4. The molecule has 0 bridgehead atoms. The Morgan fingerprint density at radius 1 is 1.20 bits per heavy atom. The first-order chi connectivity index (χ1) is 9.47. The van der Waals surface area contributed by atoms with Crippen LogP contribution in [0.15, 0.2) is 40.9 Å². The zero-order chi connectivity index (χ0) is 14.7. The van der Waals surface area contributed by atoms with Crippen molar-refractivity contribution in [3.05, 3.63) is 63.1 Å². The van der Waals surface area contributed by atoms with E-state index in [1.165, 1.54) is 0 Å². The molecule has 6 heteroatoms. The van der Waals surface area contributed by atoms with Crippen molar-refractivity contribution in [3.8, 4) is 5.75 Å². The van der Waals surface area contributed by atoms with Crippen LogP contribution in [0.1, 0.15) is 10.4 Å². The lowest BCUT2D eigenvalue weighted by Gasteiger charge is -2.08. The molecule has 0 aromatic heterocycles. The van der Waals surface area contributed by atoms with Crippen molar-refractivity contribution >= 4 is 33.3 Å². The van der Waals surface area contributed by atoms with Crippen LogP contribution in [0, 0.1) is 11.6 Å². The predicted molar refractivity (Wildman–Crippen MR) is 75.3 cm³/mol. The maximum absolute atomic E-state index is 13.4. The standard InChI is InChI=1S/C14H8BrClF2O2/c15-8-1-4-14(11(16)5-8)20-7-13(19)10-6-9(17)2-3-12(10)18/h1-6H,7H2. The number of carbonyl (C=O) groups excluding carboxylic acids is 1. The number of carbonyl (C=O) groups is 1. The van der Waals surface area contributed by atoms with Gasteiger partial charge < -0.3 is 4.74 Å². The molecule has 0 aliphatic rings. The maximum Gasteiger partial charge on any atom is 0.203 e. The fourth-order valence-corrected chi connectivity index (χ4v) is 2.25. The molecule has 2 nitrogen and oxygen atoms in total. The summed E-state index contributed by atoms with van der Waals surface area (Å²) in [5.74, 6) is -1.85. The van der Waals surface area contributed by atoms with Crippen LogP contribution in [0.5, 0.6) is 5.75 Å². The zero-order valence-corrected chi connectivity index (χ0v) is 12.3. The Labute approximate surface area is 127 Å². The molecule has 2 rings (SSSR count). The molecule has 2 aromatic rings. The summed E-state index contributed by atoms with van der Waals surface area (Å²) in [5.41, 5.74) is -0.349. The van der Waals surface area contributed by atoms with Crippen LogP contribution in [0.3, 0.4) is 0 Å². The summed E-state index contributed by atoms with van der Waals surface area (Å²) in [6.07, 6.45) is 0. The number of benzene rings is 2. The average molecular weight is 362 g/mol. The maximum atomic E-state index is 13.4. The smallest absolute Gasteiger partial charge is 0.203 e. The van der Waals surface area contributed by atoms with E-state index < -0.39 is 24.0 Å². The number of ether oxygens (including phenoxy) is 1. The van der Waals surface area contributed by atoms with Gasteiger partial charge in [0.15, 0.2) is 6.61 Å². The fourth-order valence-electron chi connectivity index (χ4n) is 1.52. The van der Waals surface area contributed by atoms with Gasteiger partial charge >= 0.3 is 0 Å². The lowest BCUT2D eigenvalue weighted by molar-refractivity contribution is 0.0917. The van der Waals surface area contributed by atoms with Gasteiger partial charge in [-0.3, -0.25) is 4.79 Å². The van der Waals surface area contributed by atoms with Crippen molar-refractivity contribution in [1.82, 2.24) is 0 Å². The summed E-state index contributed by atoms with van der Waals surface area (Å²) in [4.78, 5) is 11.8. The molecular weight excluding hydrogens is 354 g/mol. The second-order valence-corrected chi connectivity index (χ2v) is 5.23. The molecule has 2 aromatic carbocycles. The Hall–Kier alpha value is -1.46. The Morgan fingerprint density at radius 2 is 1.95 bits per heavy atom. The van der Waals surface area contributed by atoms with Crippen molar-refractivity contribution in [2.45, 2.75) is 0 Å². The molecule has 0 saturated carbocycles. The minimum atomic E-state index is -0.790.